The summed E-state index contributed by atoms with van der Waals surface area (Å²) in [6.07, 6.45) is -4.99. The summed E-state index contributed by atoms with van der Waals surface area (Å²) < 4.78 is 39.9. The van der Waals surface area contributed by atoms with Gasteiger partial charge in [-0.25, -0.2) is 0 Å². The molecule has 3 aromatic carbocycles. The number of nitrogens with one attached hydrogen (secondary N) is 1. The molecule has 0 spiro atoms. The van der Waals surface area contributed by atoms with Gasteiger partial charge in [-0.2, -0.15) is 0 Å². The predicted molar refractivity (Wildman–Crippen MR) is 116 cm³/mol. The zero-order chi connectivity index (χ0) is 19.6. The van der Waals surface area contributed by atoms with Gasteiger partial charge in [0.2, 0.25) is 0 Å². The van der Waals surface area contributed by atoms with Gasteiger partial charge in [0.25, 0.3) is 0 Å². The molecule has 0 fully saturated rings. The molecule has 1 amide bonds. The Labute approximate surface area is 172 Å². The van der Waals surface area contributed by atoms with Crippen molar-refractivity contribution in [3.63, 3.8) is 0 Å². The van der Waals surface area contributed by atoms with E-state index in [-0.39, 0.29) is 17.0 Å². The van der Waals surface area contributed by atoms with E-state index in [0.29, 0.717) is 15.9 Å². The van der Waals surface area contributed by atoms with E-state index in [9.17, 15) is 18.0 Å². The third-order valence-corrected chi connectivity index (χ3v) is 10.4. The van der Waals surface area contributed by atoms with E-state index in [1.165, 1.54) is 0 Å². The first kappa shape index (κ1) is 22.1. The number of hydrogen-bond donors (Lipinski definition) is 1. The molecule has 0 heterocycles. The SMILES string of the molecule is Br.CP(NC(=O)C(F)(F)F)(c1ccccc1)(c1ccccc1)c1ccccc1. The van der Waals surface area contributed by atoms with E-state index in [4.69, 9.17) is 0 Å². The van der Waals surface area contributed by atoms with Crippen molar-refractivity contribution in [2.75, 3.05) is 6.66 Å². The molecule has 148 valence electrons. The van der Waals surface area contributed by atoms with Crippen LogP contribution >= 0.6 is 23.7 Å². The van der Waals surface area contributed by atoms with E-state index < -0.39 is 18.8 Å². The molecule has 28 heavy (non-hydrogen) atoms. The zero-order valence-electron chi connectivity index (χ0n) is 15.1. The number of carbonyl (C=O) groups is 1. The van der Waals surface area contributed by atoms with Crippen LogP contribution in [0.25, 0.3) is 0 Å². The van der Waals surface area contributed by atoms with Crippen LogP contribution in [0.1, 0.15) is 0 Å². The van der Waals surface area contributed by atoms with Crippen molar-refractivity contribution >= 4 is 45.6 Å². The topological polar surface area (TPSA) is 29.1 Å². The zero-order valence-corrected chi connectivity index (χ0v) is 17.7. The first-order valence-corrected chi connectivity index (χ1v) is 11.0. The van der Waals surface area contributed by atoms with Gasteiger partial charge >= 0.3 is 155 Å². The Bertz CT molecular complexity index is 835. The quantitative estimate of drug-likeness (QED) is 0.566. The number of alkyl halides is 3. The standard InChI is InChI=1S/C21H19F3NOP.BrH/c1-27(17-11-5-2-6-12-17,18-13-7-3-8-14-18,19-15-9-4-10-16-19)25-20(26)21(22,23)24;/h2-16H,1H3,(H,25,26);1H. The van der Waals surface area contributed by atoms with Crippen molar-refractivity contribution in [3.8, 4) is 0 Å². The summed E-state index contributed by atoms with van der Waals surface area (Å²) in [6, 6.07) is 26.6. The molecule has 0 radical (unpaired) electrons. The average molecular weight is 470 g/mol. The van der Waals surface area contributed by atoms with E-state index in [0.717, 1.165) is 0 Å². The van der Waals surface area contributed by atoms with Gasteiger partial charge in [0.1, 0.15) is 0 Å². The molecule has 0 aliphatic heterocycles. The Morgan fingerprint density at radius 1 is 0.714 bits per heavy atom. The second kappa shape index (κ2) is 8.06. The number of rotatable bonds is 4. The summed E-state index contributed by atoms with van der Waals surface area (Å²) in [5.74, 6) is -1.95. The summed E-state index contributed by atoms with van der Waals surface area (Å²) in [5, 5.41) is 4.42. The van der Waals surface area contributed by atoms with Gasteiger partial charge in [-0.1, -0.05) is 0 Å². The third-order valence-electron chi connectivity index (χ3n) is 4.84. The van der Waals surface area contributed by atoms with Crippen LogP contribution in [0.2, 0.25) is 0 Å². The molecular formula is C21H20BrF3NOP. The summed E-state index contributed by atoms with van der Waals surface area (Å²) in [4.78, 5) is 12.2. The fraction of sp³-hybridized carbons (Fsp3) is 0.0952. The fourth-order valence-corrected chi connectivity index (χ4v) is 8.03. The minimum absolute atomic E-state index is 0. The number of halogens is 4. The van der Waals surface area contributed by atoms with Crippen LogP contribution in [0, 0.1) is 0 Å². The van der Waals surface area contributed by atoms with Crippen LogP contribution in [0.5, 0.6) is 0 Å². The summed E-state index contributed by atoms with van der Waals surface area (Å²) in [7, 11) is 0. The van der Waals surface area contributed by atoms with Gasteiger partial charge in [-0.3, -0.25) is 0 Å². The van der Waals surface area contributed by atoms with Crippen LogP contribution in [0.15, 0.2) is 91.0 Å². The van der Waals surface area contributed by atoms with Crippen molar-refractivity contribution < 1.29 is 18.0 Å². The third kappa shape index (κ3) is 3.71. The van der Waals surface area contributed by atoms with Crippen LogP contribution < -0.4 is 21.0 Å². The molecular weight excluding hydrogens is 450 g/mol. The van der Waals surface area contributed by atoms with Crippen molar-refractivity contribution in [1.29, 1.82) is 0 Å². The van der Waals surface area contributed by atoms with Crippen molar-refractivity contribution in [3.05, 3.63) is 91.0 Å². The van der Waals surface area contributed by atoms with Gasteiger partial charge in [-0.15, -0.1) is 17.0 Å². The van der Waals surface area contributed by atoms with Gasteiger partial charge in [0.05, 0.1) is 0 Å². The maximum atomic E-state index is 13.3. The van der Waals surface area contributed by atoms with E-state index in [1.807, 2.05) is 0 Å². The van der Waals surface area contributed by atoms with Crippen LogP contribution in [-0.2, 0) is 4.79 Å². The molecule has 0 aliphatic rings. The Kier molecular flexibility index (Phi) is 6.37. The molecule has 0 unspecified atom stereocenters. The molecule has 0 aromatic heterocycles. The first-order chi connectivity index (χ1) is 12.8. The Morgan fingerprint density at radius 3 is 1.25 bits per heavy atom. The fourth-order valence-electron chi connectivity index (χ4n) is 3.36. The molecule has 0 atom stereocenters. The molecule has 7 heteroatoms. The monoisotopic (exact) mass is 469 g/mol. The first-order valence-electron chi connectivity index (χ1n) is 8.34. The molecule has 0 bridgehead atoms. The molecule has 2 nitrogen and oxygen atoms in total. The van der Waals surface area contributed by atoms with Gasteiger partial charge in [0, 0.05) is 0 Å². The second-order valence-electron chi connectivity index (χ2n) is 6.51. The number of carbonyl (C=O) groups excluding carboxylic acids is 1. The van der Waals surface area contributed by atoms with Crippen molar-refractivity contribution in [2.24, 2.45) is 0 Å². The van der Waals surface area contributed by atoms with Crippen LogP contribution in [0.3, 0.4) is 0 Å². The number of hydrogen-bond acceptors (Lipinski definition) is 1. The van der Waals surface area contributed by atoms with Gasteiger partial charge in [-0.05, 0) is 0 Å². The molecule has 0 saturated heterocycles. The minimum atomic E-state index is -4.99. The predicted octanol–water partition coefficient (Wildman–Crippen LogP) is 4.32. The molecule has 0 aliphatic carbocycles. The van der Waals surface area contributed by atoms with E-state index in [2.05, 4.69) is 5.09 Å². The van der Waals surface area contributed by atoms with Crippen LogP contribution in [-0.4, -0.2) is 18.7 Å². The van der Waals surface area contributed by atoms with Gasteiger partial charge in [0.15, 0.2) is 0 Å². The molecule has 3 aromatic rings. The normalized spacial score (nSPS) is 12.9. The molecule has 1 N–H and O–H groups in total. The Morgan fingerprint density at radius 2 is 1.00 bits per heavy atom. The van der Waals surface area contributed by atoms with Crippen molar-refractivity contribution in [2.45, 2.75) is 6.18 Å². The summed E-state index contributed by atoms with van der Waals surface area (Å²) in [6.45, 7) is -2.19. The maximum absolute atomic E-state index is 13.3. The molecule has 0 saturated carbocycles. The van der Waals surface area contributed by atoms with Crippen molar-refractivity contribution in [1.82, 2.24) is 5.09 Å². The van der Waals surface area contributed by atoms with Crippen LogP contribution in [0.4, 0.5) is 13.2 Å². The average Bonchev–Trinajstić information content (AvgIpc) is 2.69. The molecule has 3 rings (SSSR count). The Hall–Kier alpha value is -2.17. The van der Waals surface area contributed by atoms with E-state index >= 15 is 0 Å². The summed E-state index contributed by atoms with van der Waals surface area (Å²) in [5.41, 5.74) is 0. The summed E-state index contributed by atoms with van der Waals surface area (Å²) >= 11 is 0. The number of amides is 1. The van der Waals surface area contributed by atoms with Gasteiger partial charge < -0.3 is 0 Å². The Balaban J connectivity index is 0.00000280. The second-order valence-corrected chi connectivity index (χ2v) is 11.4. The van der Waals surface area contributed by atoms with E-state index in [1.54, 1.807) is 97.7 Å². The number of benzene rings is 3.